The number of hydrogen-bond acceptors (Lipinski definition) is 3. The molecule has 19 heavy (non-hydrogen) atoms. The summed E-state index contributed by atoms with van der Waals surface area (Å²) < 4.78 is 1.55. The number of carbonyl (C=O) groups is 2. The standard InChI is InChI=1S/C15H16N2O2/c1-10-4-5-11(2)13(6-10)15(19)7-14(18)12-8-16-17(3)9-12/h4-6,8-9H,7H2,1-3H3. The molecule has 1 aromatic carbocycles. The van der Waals surface area contributed by atoms with Crippen LogP contribution in [-0.4, -0.2) is 21.3 Å². The van der Waals surface area contributed by atoms with Gasteiger partial charge in [-0.25, -0.2) is 0 Å². The lowest BCUT2D eigenvalue weighted by molar-refractivity contribution is 0.0894. The second-order valence-electron chi connectivity index (χ2n) is 4.74. The van der Waals surface area contributed by atoms with E-state index in [9.17, 15) is 9.59 Å². The highest BCUT2D eigenvalue weighted by molar-refractivity contribution is 6.13. The molecular formula is C15H16N2O2. The van der Waals surface area contributed by atoms with Crippen molar-refractivity contribution in [2.75, 3.05) is 0 Å². The van der Waals surface area contributed by atoms with E-state index in [-0.39, 0.29) is 18.0 Å². The van der Waals surface area contributed by atoms with Crippen molar-refractivity contribution in [3.63, 3.8) is 0 Å². The van der Waals surface area contributed by atoms with Crippen LogP contribution in [0.5, 0.6) is 0 Å². The van der Waals surface area contributed by atoms with Crippen molar-refractivity contribution in [3.05, 3.63) is 52.8 Å². The molecule has 0 spiro atoms. The predicted octanol–water partition coefficient (Wildman–Crippen LogP) is 2.49. The number of aromatic nitrogens is 2. The van der Waals surface area contributed by atoms with Gasteiger partial charge >= 0.3 is 0 Å². The van der Waals surface area contributed by atoms with Gasteiger partial charge in [0.2, 0.25) is 0 Å². The van der Waals surface area contributed by atoms with Crippen LogP contribution in [-0.2, 0) is 7.05 Å². The molecule has 0 aliphatic carbocycles. The maximum absolute atomic E-state index is 12.2. The minimum Gasteiger partial charge on any atom is -0.294 e. The predicted molar refractivity (Wildman–Crippen MR) is 72.4 cm³/mol. The second kappa shape index (κ2) is 5.18. The zero-order chi connectivity index (χ0) is 14.0. The monoisotopic (exact) mass is 256 g/mol. The molecule has 1 aromatic heterocycles. The number of Topliss-reactive ketones (excluding diaryl/α,β-unsaturated/α-hetero) is 2. The Hall–Kier alpha value is -2.23. The summed E-state index contributed by atoms with van der Waals surface area (Å²) >= 11 is 0. The maximum atomic E-state index is 12.2. The Labute approximate surface area is 112 Å². The van der Waals surface area contributed by atoms with Gasteiger partial charge in [0.15, 0.2) is 11.6 Å². The van der Waals surface area contributed by atoms with E-state index in [4.69, 9.17) is 0 Å². The Kier molecular flexibility index (Phi) is 3.60. The highest BCUT2D eigenvalue weighted by Crippen LogP contribution is 2.14. The van der Waals surface area contributed by atoms with E-state index in [1.165, 1.54) is 6.20 Å². The van der Waals surface area contributed by atoms with Gasteiger partial charge in [-0.1, -0.05) is 17.7 Å². The Bertz CT molecular complexity index is 641. The van der Waals surface area contributed by atoms with Crippen molar-refractivity contribution in [3.8, 4) is 0 Å². The first-order chi connectivity index (χ1) is 8.97. The molecule has 0 aliphatic heterocycles. The third-order valence-corrected chi connectivity index (χ3v) is 3.04. The van der Waals surface area contributed by atoms with Gasteiger partial charge in [-0.3, -0.25) is 14.3 Å². The lowest BCUT2D eigenvalue weighted by atomic mass is 9.98. The molecule has 0 radical (unpaired) electrons. The molecular weight excluding hydrogens is 240 g/mol. The van der Waals surface area contributed by atoms with Crippen LogP contribution in [0.1, 0.15) is 38.3 Å². The molecule has 0 atom stereocenters. The lowest BCUT2D eigenvalue weighted by Gasteiger charge is -2.05. The summed E-state index contributed by atoms with van der Waals surface area (Å²) in [7, 11) is 1.74. The van der Waals surface area contributed by atoms with Crippen LogP contribution in [0.25, 0.3) is 0 Å². The number of rotatable bonds is 4. The Balaban J connectivity index is 2.17. The van der Waals surface area contributed by atoms with Gasteiger partial charge < -0.3 is 0 Å². The first kappa shape index (κ1) is 13.2. The van der Waals surface area contributed by atoms with Crippen LogP contribution in [0.15, 0.2) is 30.6 Å². The normalized spacial score (nSPS) is 10.5. The van der Waals surface area contributed by atoms with E-state index in [0.717, 1.165) is 11.1 Å². The minimum atomic E-state index is -0.195. The van der Waals surface area contributed by atoms with E-state index in [2.05, 4.69) is 5.10 Å². The van der Waals surface area contributed by atoms with E-state index in [0.29, 0.717) is 11.1 Å². The topological polar surface area (TPSA) is 52.0 Å². The Morgan fingerprint density at radius 1 is 1.21 bits per heavy atom. The summed E-state index contributed by atoms with van der Waals surface area (Å²) in [5.41, 5.74) is 3.01. The fourth-order valence-corrected chi connectivity index (χ4v) is 1.94. The number of aryl methyl sites for hydroxylation is 3. The highest BCUT2D eigenvalue weighted by atomic mass is 16.1. The third-order valence-electron chi connectivity index (χ3n) is 3.04. The maximum Gasteiger partial charge on any atom is 0.173 e. The number of ketones is 2. The van der Waals surface area contributed by atoms with Crippen molar-refractivity contribution in [1.82, 2.24) is 9.78 Å². The van der Waals surface area contributed by atoms with Gasteiger partial charge in [0.25, 0.3) is 0 Å². The number of benzene rings is 1. The molecule has 0 aliphatic rings. The molecule has 0 bridgehead atoms. The SMILES string of the molecule is Cc1ccc(C)c(C(=O)CC(=O)c2cnn(C)c2)c1. The highest BCUT2D eigenvalue weighted by Gasteiger charge is 2.16. The molecule has 0 saturated heterocycles. The quantitative estimate of drug-likeness (QED) is 0.624. The van der Waals surface area contributed by atoms with Crippen LogP contribution in [0.3, 0.4) is 0 Å². The third kappa shape index (κ3) is 2.96. The lowest BCUT2D eigenvalue weighted by Crippen LogP contribution is -2.09. The van der Waals surface area contributed by atoms with Crippen molar-refractivity contribution in [1.29, 1.82) is 0 Å². The molecule has 2 rings (SSSR count). The molecule has 2 aromatic rings. The molecule has 4 heteroatoms. The largest absolute Gasteiger partial charge is 0.294 e. The average molecular weight is 256 g/mol. The van der Waals surface area contributed by atoms with Crippen LogP contribution in [0.4, 0.5) is 0 Å². The van der Waals surface area contributed by atoms with Crippen LogP contribution in [0.2, 0.25) is 0 Å². The smallest absolute Gasteiger partial charge is 0.173 e. The van der Waals surface area contributed by atoms with Crippen molar-refractivity contribution >= 4 is 11.6 Å². The van der Waals surface area contributed by atoms with Gasteiger partial charge in [0, 0.05) is 18.8 Å². The average Bonchev–Trinajstić information content (AvgIpc) is 2.79. The van der Waals surface area contributed by atoms with E-state index < -0.39 is 0 Å². The fourth-order valence-electron chi connectivity index (χ4n) is 1.94. The van der Waals surface area contributed by atoms with Gasteiger partial charge in [-0.2, -0.15) is 5.10 Å². The fraction of sp³-hybridized carbons (Fsp3) is 0.267. The first-order valence-corrected chi connectivity index (χ1v) is 6.09. The van der Waals surface area contributed by atoms with Gasteiger partial charge in [0.05, 0.1) is 18.2 Å². The summed E-state index contributed by atoms with van der Waals surface area (Å²) in [5.74, 6) is -0.339. The van der Waals surface area contributed by atoms with Crippen molar-refractivity contribution < 1.29 is 9.59 Å². The van der Waals surface area contributed by atoms with Crippen molar-refractivity contribution in [2.24, 2.45) is 7.05 Å². The molecule has 0 fully saturated rings. The molecule has 1 heterocycles. The second-order valence-corrected chi connectivity index (χ2v) is 4.74. The van der Waals surface area contributed by atoms with Crippen LogP contribution >= 0.6 is 0 Å². The van der Waals surface area contributed by atoms with Crippen molar-refractivity contribution in [2.45, 2.75) is 20.3 Å². The molecule has 0 unspecified atom stereocenters. The van der Waals surface area contributed by atoms with Crippen LogP contribution in [0, 0.1) is 13.8 Å². The van der Waals surface area contributed by atoms with E-state index >= 15 is 0 Å². The van der Waals surface area contributed by atoms with Gasteiger partial charge in [0.1, 0.15) is 0 Å². The molecule has 98 valence electrons. The van der Waals surface area contributed by atoms with Crippen LogP contribution < -0.4 is 0 Å². The first-order valence-electron chi connectivity index (χ1n) is 6.09. The van der Waals surface area contributed by atoms with E-state index in [1.807, 2.05) is 32.0 Å². The minimum absolute atomic E-state index is 0.115. The number of nitrogens with zero attached hydrogens (tertiary/aromatic N) is 2. The Morgan fingerprint density at radius 3 is 2.58 bits per heavy atom. The molecule has 0 saturated carbocycles. The summed E-state index contributed by atoms with van der Waals surface area (Å²) in [4.78, 5) is 24.1. The number of carbonyl (C=O) groups excluding carboxylic acids is 2. The summed E-state index contributed by atoms with van der Waals surface area (Å²) in [6, 6.07) is 5.68. The zero-order valence-corrected chi connectivity index (χ0v) is 11.3. The molecule has 0 amide bonds. The van der Waals surface area contributed by atoms with E-state index in [1.54, 1.807) is 17.9 Å². The van der Waals surface area contributed by atoms with Gasteiger partial charge in [-0.05, 0) is 25.5 Å². The summed E-state index contributed by atoms with van der Waals surface area (Å²) in [6.45, 7) is 3.81. The zero-order valence-electron chi connectivity index (χ0n) is 11.3. The van der Waals surface area contributed by atoms with Gasteiger partial charge in [-0.15, -0.1) is 0 Å². The summed E-state index contributed by atoms with van der Waals surface area (Å²) in [5, 5.41) is 3.93. The Morgan fingerprint density at radius 2 is 1.95 bits per heavy atom. The molecule has 4 nitrogen and oxygen atoms in total. The summed E-state index contributed by atoms with van der Waals surface area (Å²) in [6.07, 6.45) is 2.99. The number of hydrogen-bond donors (Lipinski definition) is 0. The molecule has 0 N–H and O–H groups in total.